The summed E-state index contributed by atoms with van der Waals surface area (Å²) in [5, 5.41) is 3.42. The third-order valence-corrected chi connectivity index (χ3v) is 5.01. The number of nitrogens with zero attached hydrogens (tertiary/aromatic N) is 2. The number of aryl methyl sites for hydroxylation is 2. The maximum Gasteiger partial charge on any atom is 0.234 e. The number of aromatic nitrogens is 2. The Morgan fingerprint density at radius 1 is 1.11 bits per heavy atom. The lowest BCUT2D eigenvalue weighted by molar-refractivity contribution is -0.113. The molecule has 0 saturated carbocycles. The monoisotopic (exact) mass is 379 g/mol. The Morgan fingerprint density at radius 3 is 2.70 bits per heavy atom. The second kappa shape index (κ2) is 8.68. The van der Waals surface area contributed by atoms with E-state index >= 15 is 0 Å². The summed E-state index contributed by atoms with van der Waals surface area (Å²) in [6.45, 7) is 4.17. The highest BCUT2D eigenvalue weighted by atomic mass is 32.2. The van der Waals surface area contributed by atoms with Gasteiger partial charge in [0.05, 0.1) is 24.2 Å². The predicted molar refractivity (Wildman–Crippen MR) is 109 cm³/mol. The standard InChI is InChI=1S/C21H21N3O2S/c1-14-8-9-16(12-15(14)2)17-10-11-22-21(24-17)27-13-20(25)23-18-6-4-5-7-19(18)26-3/h4-12H,13H2,1-3H3,(H,23,25). The van der Waals surface area contributed by atoms with Crippen molar-refractivity contribution in [2.75, 3.05) is 18.2 Å². The zero-order valence-electron chi connectivity index (χ0n) is 15.5. The van der Waals surface area contributed by atoms with Crippen molar-refractivity contribution in [2.45, 2.75) is 19.0 Å². The van der Waals surface area contributed by atoms with Crippen LogP contribution in [0.5, 0.6) is 5.75 Å². The number of carbonyl (C=O) groups is 1. The van der Waals surface area contributed by atoms with Crippen molar-refractivity contribution in [3.63, 3.8) is 0 Å². The summed E-state index contributed by atoms with van der Waals surface area (Å²) >= 11 is 1.30. The van der Waals surface area contributed by atoms with Gasteiger partial charge in [0, 0.05) is 11.8 Å². The van der Waals surface area contributed by atoms with Crippen molar-refractivity contribution >= 4 is 23.4 Å². The van der Waals surface area contributed by atoms with Crippen LogP contribution in [0, 0.1) is 13.8 Å². The molecule has 0 bridgehead atoms. The fourth-order valence-corrected chi connectivity index (χ4v) is 3.17. The average Bonchev–Trinajstić information content (AvgIpc) is 2.69. The van der Waals surface area contributed by atoms with Gasteiger partial charge in [0.2, 0.25) is 5.91 Å². The van der Waals surface area contributed by atoms with Gasteiger partial charge in [0.25, 0.3) is 0 Å². The van der Waals surface area contributed by atoms with Gasteiger partial charge in [-0.15, -0.1) is 0 Å². The molecule has 0 unspecified atom stereocenters. The first-order valence-corrected chi connectivity index (χ1v) is 9.51. The minimum absolute atomic E-state index is 0.135. The van der Waals surface area contributed by atoms with Crippen LogP contribution in [0.2, 0.25) is 0 Å². The molecule has 5 nitrogen and oxygen atoms in total. The molecule has 0 radical (unpaired) electrons. The molecule has 3 rings (SSSR count). The molecule has 1 heterocycles. The van der Waals surface area contributed by atoms with Crippen LogP contribution in [0.25, 0.3) is 11.3 Å². The van der Waals surface area contributed by atoms with Crippen molar-refractivity contribution in [3.8, 4) is 17.0 Å². The van der Waals surface area contributed by atoms with Crippen LogP contribution < -0.4 is 10.1 Å². The normalized spacial score (nSPS) is 10.5. The van der Waals surface area contributed by atoms with E-state index in [1.165, 1.54) is 22.9 Å². The highest BCUT2D eigenvalue weighted by Crippen LogP contribution is 2.25. The van der Waals surface area contributed by atoms with Crippen molar-refractivity contribution in [1.82, 2.24) is 9.97 Å². The summed E-state index contributed by atoms with van der Waals surface area (Å²) in [4.78, 5) is 21.1. The van der Waals surface area contributed by atoms with Crippen LogP contribution in [-0.2, 0) is 4.79 Å². The smallest absolute Gasteiger partial charge is 0.234 e. The van der Waals surface area contributed by atoms with Crippen LogP contribution in [-0.4, -0.2) is 28.7 Å². The molecule has 138 valence electrons. The largest absolute Gasteiger partial charge is 0.495 e. The first-order chi connectivity index (χ1) is 13.1. The highest BCUT2D eigenvalue weighted by molar-refractivity contribution is 7.99. The Bertz CT molecular complexity index is 960. The summed E-state index contributed by atoms with van der Waals surface area (Å²) in [7, 11) is 1.58. The molecule has 0 saturated heterocycles. The van der Waals surface area contributed by atoms with Crippen molar-refractivity contribution < 1.29 is 9.53 Å². The number of amides is 1. The molecule has 0 spiro atoms. The summed E-state index contributed by atoms with van der Waals surface area (Å²) in [6, 6.07) is 15.4. The maximum absolute atomic E-state index is 12.2. The first kappa shape index (κ1) is 18.9. The highest BCUT2D eigenvalue weighted by Gasteiger charge is 2.10. The fraction of sp³-hybridized carbons (Fsp3) is 0.190. The van der Waals surface area contributed by atoms with E-state index < -0.39 is 0 Å². The van der Waals surface area contributed by atoms with Crippen LogP contribution >= 0.6 is 11.8 Å². The van der Waals surface area contributed by atoms with Gasteiger partial charge >= 0.3 is 0 Å². The van der Waals surface area contributed by atoms with Crippen LogP contribution in [0.3, 0.4) is 0 Å². The molecule has 0 fully saturated rings. The molecule has 27 heavy (non-hydrogen) atoms. The molecule has 0 aliphatic rings. The van der Waals surface area contributed by atoms with Gasteiger partial charge in [0.15, 0.2) is 5.16 Å². The minimum atomic E-state index is -0.135. The van der Waals surface area contributed by atoms with Gasteiger partial charge in [-0.3, -0.25) is 4.79 Å². The van der Waals surface area contributed by atoms with Crippen LogP contribution in [0.4, 0.5) is 5.69 Å². The molecule has 1 amide bonds. The van der Waals surface area contributed by atoms with Gasteiger partial charge in [-0.05, 0) is 49.2 Å². The van der Waals surface area contributed by atoms with E-state index in [0.717, 1.165) is 11.3 Å². The van der Waals surface area contributed by atoms with Gasteiger partial charge < -0.3 is 10.1 Å². The van der Waals surface area contributed by atoms with E-state index in [4.69, 9.17) is 4.74 Å². The second-order valence-electron chi connectivity index (χ2n) is 6.06. The number of methoxy groups -OCH3 is 1. The minimum Gasteiger partial charge on any atom is -0.495 e. The number of rotatable bonds is 6. The van der Waals surface area contributed by atoms with E-state index in [-0.39, 0.29) is 11.7 Å². The Labute approximate surface area is 163 Å². The first-order valence-electron chi connectivity index (χ1n) is 8.53. The second-order valence-corrected chi connectivity index (χ2v) is 7.00. The third-order valence-electron chi connectivity index (χ3n) is 4.15. The maximum atomic E-state index is 12.2. The van der Waals surface area contributed by atoms with Crippen molar-refractivity contribution in [2.24, 2.45) is 0 Å². The van der Waals surface area contributed by atoms with Gasteiger partial charge in [-0.2, -0.15) is 0 Å². The van der Waals surface area contributed by atoms with Crippen molar-refractivity contribution in [1.29, 1.82) is 0 Å². The van der Waals surface area contributed by atoms with E-state index in [2.05, 4.69) is 41.3 Å². The molecule has 1 aromatic heterocycles. The van der Waals surface area contributed by atoms with Gasteiger partial charge in [-0.25, -0.2) is 9.97 Å². The van der Waals surface area contributed by atoms with Gasteiger partial charge in [-0.1, -0.05) is 36.0 Å². The summed E-state index contributed by atoms with van der Waals surface area (Å²) in [5.41, 5.74) is 5.00. The van der Waals surface area contributed by atoms with Gasteiger partial charge in [0.1, 0.15) is 5.75 Å². The zero-order valence-corrected chi connectivity index (χ0v) is 16.3. The number of benzene rings is 2. The number of hydrogen-bond donors (Lipinski definition) is 1. The number of ether oxygens (including phenoxy) is 1. The predicted octanol–water partition coefficient (Wildman–Crippen LogP) is 4.50. The number of hydrogen-bond acceptors (Lipinski definition) is 5. The molecule has 0 atom stereocenters. The van der Waals surface area contributed by atoms with E-state index in [9.17, 15) is 4.79 Å². The Kier molecular flexibility index (Phi) is 6.08. The Morgan fingerprint density at radius 2 is 1.93 bits per heavy atom. The lowest BCUT2D eigenvalue weighted by atomic mass is 10.0. The average molecular weight is 379 g/mol. The SMILES string of the molecule is COc1ccccc1NC(=O)CSc1nccc(-c2ccc(C)c(C)c2)n1. The summed E-state index contributed by atoms with van der Waals surface area (Å²) < 4.78 is 5.25. The Hall–Kier alpha value is -2.86. The molecule has 0 aliphatic carbocycles. The lowest BCUT2D eigenvalue weighted by Gasteiger charge is -2.09. The number of nitrogens with one attached hydrogen (secondary N) is 1. The molecular weight excluding hydrogens is 358 g/mol. The van der Waals surface area contributed by atoms with E-state index in [0.29, 0.717) is 16.6 Å². The van der Waals surface area contributed by atoms with E-state index in [1.54, 1.807) is 25.4 Å². The quantitative estimate of drug-likeness (QED) is 0.505. The zero-order chi connectivity index (χ0) is 19.2. The topological polar surface area (TPSA) is 64.1 Å². The number of carbonyl (C=O) groups excluding carboxylic acids is 1. The van der Waals surface area contributed by atoms with Crippen molar-refractivity contribution in [3.05, 3.63) is 65.9 Å². The molecule has 1 N–H and O–H groups in total. The molecule has 2 aromatic carbocycles. The van der Waals surface area contributed by atoms with Crippen LogP contribution in [0.15, 0.2) is 59.9 Å². The van der Waals surface area contributed by atoms with E-state index in [1.807, 2.05) is 24.3 Å². The number of anilines is 1. The van der Waals surface area contributed by atoms with Crippen LogP contribution in [0.1, 0.15) is 11.1 Å². The molecular formula is C21H21N3O2S. The molecule has 6 heteroatoms. The third kappa shape index (κ3) is 4.86. The summed E-state index contributed by atoms with van der Waals surface area (Å²) in [6.07, 6.45) is 1.72. The summed E-state index contributed by atoms with van der Waals surface area (Å²) in [5.74, 6) is 0.711. The molecule has 3 aromatic rings. The number of thioether (sulfide) groups is 1. The Balaban J connectivity index is 1.66. The fourth-order valence-electron chi connectivity index (χ4n) is 2.54. The number of para-hydroxylation sites is 2. The molecule has 0 aliphatic heterocycles. The lowest BCUT2D eigenvalue weighted by Crippen LogP contribution is -2.14.